The van der Waals surface area contributed by atoms with E-state index in [1.165, 1.54) is 0 Å². The predicted octanol–water partition coefficient (Wildman–Crippen LogP) is 2.37. The highest BCUT2D eigenvalue weighted by Gasteiger charge is 2.56. The average Bonchev–Trinajstić information content (AvgIpc) is 2.86. The summed E-state index contributed by atoms with van der Waals surface area (Å²) >= 11 is 0. The summed E-state index contributed by atoms with van der Waals surface area (Å²) in [6.45, 7) is 3.96. The Morgan fingerprint density at radius 1 is 1.04 bits per heavy atom. The highest BCUT2D eigenvalue weighted by Crippen LogP contribution is 2.59. The molecular weight excluding hydrogens is 296 g/mol. The van der Waals surface area contributed by atoms with E-state index in [0.717, 1.165) is 38.5 Å². The Labute approximate surface area is 137 Å². The molecule has 6 atom stereocenters. The maximum atomic E-state index is 12.3. The fourth-order valence-electron chi connectivity index (χ4n) is 5.78. The zero-order valence-corrected chi connectivity index (χ0v) is 13.7. The van der Waals surface area contributed by atoms with Crippen molar-refractivity contribution < 1.29 is 23.9 Å². The molecule has 0 aromatic carbocycles. The standard InChI is InChI=1S/C18H26O5/c1-18-7-6-13-14(16(18)4-5-17(18)21)3-2-12(8-22-10-19)15(13)9-23-11-20/h10-16H,2-9H2,1H3/t12-,13+,14-,15+,16+,18+/m1/s1. The quantitative estimate of drug-likeness (QED) is 0.702. The van der Waals surface area contributed by atoms with Crippen molar-refractivity contribution in [1.29, 1.82) is 0 Å². The molecule has 0 aromatic heterocycles. The molecule has 3 aliphatic rings. The maximum absolute atomic E-state index is 12.3. The van der Waals surface area contributed by atoms with E-state index in [0.29, 0.717) is 49.7 Å². The third-order valence-electron chi connectivity index (χ3n) is 6.96. The third kappa shape index (κ3) is 2.79. The SMILES string of the molecule is C[C@]12CC[C@H]3[C@@H](CC[C@H](COC=O)[C@@H]3COC=O)[C@@H]1CCC2=O. The number of hydrogen-bond acceptors (Lipinski definition) is 5. The second-order valence-corrected chi connectivity index (χ2v) is 7.71. The van der Waals surface area contributed by atoms with E-state index in [-0.39, 0.29) is 17.3 Å². The smallest absolute Gasteiger partial charge is 0.293 e. The molecular formula is C18H26O5. The summed E-state index contributed by atoms with van der Waals surface area (Å²) < 4.78 is 10.1. The summed E-state index contributed by atoms with van der Waals surface area (Å²) in [5.41, 5.74) is -0.136. The molecule has 0 saturated heterocycles. The Morgan fingerprint density at radius 2 is 1.78 bits per heavy atom. The van der Waals surface area contributed by atoms with Crippen LogP contribution in [-0.4, -0.2) is 31.9 Å². The minimum atomic E-state index is -0.136. The van der Waals surface area contributed by atoms with Crippen molar-refractivity contribution in [2.24, 2.45) is 35.0 Å². The van der Waals surface area contributed by atoms with Gasteiger partial charge in [-0.25, -0.2) is 0 Å². The molecule has 0 bridgehead atoms. The molecule has 3 aliphatic carbocycles. The highest BCUT2D eigenvalue weighted by molar-refractivity contribution is 5.87. The number of ether oxygens (including phenoxy) is 2. The lowest BCUT2D eigenvalue weighted by molar-refractivity contribution is -0.143. The zero-order chi connectivity index (χ0) is 16.4. The number of Topliss-reactive ketones (excluding diaryl/α,β-unsaturated/α-hetero) is 1. The van der Waals surface area contributed by atoms with Crippen LogP contribution in [0.25, 0.3) is 0 Å². The predicted molar refractivity (Wildman–Crippen MR) is 82.3 cm³/mol. The molecule has 0 aliphatic heterocycles. The van der Waals surface area contributed by atoms with E-state index in [1.54, 1.807) is 0 Å². The third-order valence-corrected chi connectivity index (χ3v) is 6.96. The Kier molecular flexibility index (Phi) is 4.74. The van der Waals surface area contributed by atoms with Crippen LogP contribution < -0.4 is 0 Å². The normalized spacial score (nSPS) is 42.5. The Bertz CT molecular complexity index is 476. The van der Waals surface area contributed by atoms with E-state index in [4.69, 9.17) is 9.47 Å². The molecule has 3 rings (SSSR count). The number of carbonyl (C=O) groups is 3. The first-order valence-electron chi connectivity index (χ1n) is 8.75. The Balaban J connectivity index is 1.78. The van der Waals surface area contributed by atoms with Crippen LogP contribution in [0.15, 0.2) is 0 Å². The molecule has 0 heterocycles. The van der Waals surface area contributed by atoms with Crippen molar-refractivity contribution >= 4 is 18.7 Å². The van der Waals surface area contributed by atoms with E-state index >= 15 is 0 Å². The van der Waals surface area contributed by atoms with Gasteiger partial charge in [0, 0.05) is 17.8 Å². The molecule has 3 fully saturated rings. The molecule has 0 amide bonds. The van der Waals surface area contributed by atoms with Gasteiger partial charge in [0.1, 0.15) is 5.78 Å². The molecule has 3 saturated carbocycles. The zero-order valence-electron chi connectivity index (χ0n) is 13.7. The van der Waals surface area contributed by atoms with Gasteiger partial charge in [0.15, 0.2) is 0 Å². The molecule has 0 aromatic rings. The van der Waals surface area contributed by atoms with Crippen molar-refractivity contribution in [1.82, 2.24) is 0 Å². The molecule has 5 nitrogen and oxygen atoms in total. The van der Waals surface area contributed by atoms with Crippen LogP contribution in [0.2, 0.25) is 0 Å². The van der Waals surface area contributed by atoms with Crippen molar-refractivity contribution in [3.05, 3.63) is 0 Å². The first-order valence-corrected chi connectivity index (χ1v) is 8.75. The van der Waals surface area contributed by atoms with E-state index < -0.39 is 0 Å². The van der Waals surface area contributed by atoms with Gasteiger partial charge >= 0.3 is 0 Å². The fourth-order valence-corrected chi connectivity index (χ4v) is 5.78. The minimum Gasteiger partial charge on any atom is -0.468 e. The highest BCUT2D eigenvalue weighted by atomic mass is 16.5. The first kappa shape index (κ1) is 16.5. The van der Waals surface area contributed by atoms with Gasteiger partial charge in [0.25, 0.3) is 12.9 Å². The second kappa shape index (κ2) is 6.62. The lowest BCUT2D eigenvalue weighted by Gasteiger charge is -2.52. The largest absolute Gasteiger partial charge is 0.468 e. The van der Waals surface area contributed by atoms with Crippen LogP contribution in [0.5, 0.6) is 0 Å². The molecule has 0 spiro atoms. The van der Waals surface area contributed by atoms with Crippen molar-refractivity contribution in [2.45, 2.75) is 45.4 Å². The summed E-state index contributed by atoms with van der Waals surface area (Å²) in [4.78, 5) is 33.5. The van der Waals surface area contributed by atoms with Crippen LogP contribution >= 0.6 is 0 Å². The van der Waals surface area contributed by atoms with E-state index in [1.807, 2.05) is 0 Å². The van der Waals surface area contributed by atoms with Crippen molar-refractivity contribution in [2.75, 3.05) is 13.2 Å². The molecule has 0 radical (unpaired) electrons. The summed E-state index contributed by atoms with van der Waals surface area (Å²) in [5, 5.41) is 0. The van der Waals surface area contributed by atoms with E-state index in [9.17, 15) is 14.4 Å². The number of hydrogen-bond donors (Lipinski definition) is 0. The summed E-state index contributed by atoms with van der Waals surface area (Å²) in [7, 11) is 0. The maximum Gasteiger partial charge on any atom is 0.293 e. The van der Waals surface area contributed by atoms with Gasteiger partial charge in [-0.3, -0.25) is 14.4 Å². The van der Waals surface area contributed by atoms with Gasteiger partial charge < -0.3 is 9.47 Å². The number of rotatable bonds is 6. The van der Waals surface area contributed by atoms with Gasteiger partial charge in [0.2, 0.25) is 0 Å². The van der Waals surface area contributed by atoms with Gasteiger partial charge in [-0.2, -0.15) is 0 Å². The lowest BCUT2D eigenvalue weighted by atomic mass is 9.52. The number of ketones is 1. The first-order chi connectivity index (χ1) is 11.1. The van der Waals surface area contributed by atoms with Gasteiger partial charge in [0.05, 0.1) is 13.2 Å². The Morgan fingerprint density at radius 3 is 2.52 bits per heavy atom. The number of carbonyl (C=O) groups excluding carboxylic acids is 3. The van der Waals surface area contributed by atoms with Crippen LogP contribution in [0.1, 0.15) is 45.4 Å². The van der Waals surface area contributed by atoms with Crippen LogP contribution in [0.3, 0.4) is 0 Å². The number of fused-ring (bicyclic) bond motifs is 3. The fraction of sp³-hybridized carbons (Fsp3) is 0.833. The van der Waals surface area contributed by atoms with Gasteiger partial charge in [-0.1, -0.05) is 6.92 Å². The summed E-state index contributed by atoms with van der Waals surface area (Å²) in [6.07, 6.45) is 5.74. The molecule has 0 N–H and O–H groups in total. The van der Waals surface area contributed by atoms with Crippen LogP contribution in [0, 0.1) is 35.0 Å². The van der Waals surface area contributed by atoms with Crippen molar-refractivity contribution in [3.8, 4) is 0 Å². The molecule has 23 heavy (non-hydrogen) atoms. The van der Waals surface area contributed by atoms with Gasteiger partial charge in [-0.15, -0.1) is 0 Å². The van der Waals surface area contributed by atoms with Gasteiger partial charge in [-0.05, 0) is 55.8 Å². The lowest BCUT2D eigenvalue weighted by Crippen LogP contribution is -2.49. The Hall–Kier alpha value is -1.39. The second-order valence-electron chi connectivity index (χ2n) is 7.71. The molecule has 5 heteroatoms. The van der Waals surface area contributed by atoms with Crippen LogP contribution in [-0.2, 0) is 23.9 Å². The monoisotopic (exact) mass is 322 g/mol. The molecule has 128 valence electrons. The van der Waals surface area contributed by atoms with E-state index in [2.05, 4.69) is 6.92 Å². The molecule has 0 unspecified atom stereocenters. The topological polar surface area (TPSA) is 69.7 Å². The summed E-state index contributed by atoms with van der Waals surface area (Å²) in [5.74, 6) is 2.40. The minimum absolute atomic E-state index is 0.136. The average molecular weight is 322 g/mol. The van der Waals surface area contributed by atoms with Crippen LogP contribution in [0.4, 0.5) is 0 Å². The summed E-state index contributed by atoms with van der Waals surface area (Å²) in [6, 6.07) is 0. The van der Waals surface area contributed by atoms with Crippen molar-refractivity contribution in [3.63, 3.8) is 0 Å².